The molecule has 0 saturated heterocycles. The van der Waals surface area contributed by atoms with Crippen LogP contribution >= 0.6 is 0 Å². The first-order valence-electron chi connectivity index (χ1n) is 35.5. The summed E-state index contributed by atoms with van der Waals surface area (Å²) in [5.41, 5.74) is 17.7. The third-order valence-corrected chi connectivity index (χ3v) is 18.2. The number of aryl methyl sites for hydroxylation is 7. The van der Waals surface area contributed by atoms with Gasteiger partial charge in [0.15, 0.2) is 34.6 Å². The maximum absolute atomic E-state index is 12.3. The largest absolute Gasteiger partial charge is 0.452 e. The number of rotatable bonds is 6. The third-order valence-electron chi connectivity index (χ3n) is 18.2. The maximum atomic E-state index is 12.3. The van der Waals surface area contributed by atoms with Gasteiger partial charge in [-0.2, -0.15) is 0 Å². The van der Waals surface area contributed by atoms with Crippen LogP contribution in [-0.2, 0) is 0 Å². The Morgan fingerprint density at radius 2 is 0.440 bits per heavy atom. The van der Waals surface area contributed by atoms with Gasteiger partial charge in [0.05, 0.1) is 33.4 Å². The van der Waals surface area contributed by atoms with Crippen molar-refractivity contribution in [1.82, 2.24) is 0 Å². The highest BCUT2D eigenvalue weighted by molar-refractivity contribution is 6.18. The van der Waals surface area contributed by atoms with E-state index in [1.165, 1.54) is 5.56 Å². The van der Waals surface area contributed by atoms with Gasteiger partial charge in [0, 0.05) is 0 Å². The second-order valence-electron chi connectivity index (χ2n) is 26.4. The monoisotopic (exact) mass is 1430 g/mol. The van der Waals surface area contributed by atoms with Crippen LogP contribution in [0.3, 0.4) is 0 Å². The fourth-order valence-electron chi connectivity index (χ4n) is 12.3. The summed E-state index contributed by atoms with van der Waals surface area (Å²) >= 11 is 0. The van der Waals surface area contributed by atoms with Gasteiger partial charge in [-0.05, 0) is 208 Å². The zero-order valence-electron chi connectivity index (χ0n) is 61.0. The first kappa shape index (κ1) is 73.2. The molecule has 0 saturated carbocycles. The molecule has 0 atom stereocenters. The molecule has 6 heterocycles. The molecule has 0 amide bonds. The zero-order valence-corrected chi connectivity index (χ0v) is 61.0. The average Bonchev–Trinajstić information content (AvgIpc) is 1.70. The quantitative estimate of drug-likeness (QED) is 0.145. The van der Waals surface area contributed by atoms with E-state index in [2.05, 4.69) is 0 Å². The summed E-state index contributed by atoms with van der Waals surface area (Å²) in [6.07, 6.45) is 10.8. The molecule has 0 aromatic heterocycles. The van der Waals surface area contributed by atoms with Gasteiger partial charge in [-0.25, -0.2) is 0 Å². The predicted molar refractivity (Wildman–Crippen MR) is 428 cm³/mol. The highest BCUT2D eigenvalue weighted by Gasteiger charge is 2.32. The molecule has 6 aliphatic heterocycles. The number of para-hydroxylation sites is 5. The van der Waals surface area contributed by atoms with Crippen molar-refractivity contribution in [2.24, 2.45) is 0 Å². The van der Waals surface area contributed by atoms with Crippen LogP contribution in [0.5, 0.6) is 34.5 Å². The van der Waals surface area contributed by atoms with Crippen LogP contribution in [0, 0.1) is 48.5 Å². The van der Waals surface area contributed by atoms with Gasteiger partial charge in [-0.1, -0.05) is 235 Å². The van der Waals surface area contributed by atoms with Gasteiger partial charge in [-0.3, -0.25) is 28.8 Å². The Labute approximate surface area is 633 Å². The van der Waals surface area contributed by atoms with E-state index in [1.807, 2.05) is 309 Å². The van der Waals surface area contributed by atoms with E-state index < -0.39 is 0 Å². The Hall–Kier alpha value is -14.1. The van der Waals surface area contributed by atoms with Crippen molar-refractivity contribution in [2.45, 2.75) is 48.5 Å². The van der Waals surface area contributed by atoms with E-state index in [-0.39, 0.29) is 34.7 Å². The molecule has 109 heavy (non-hydrogen) atoms. The number of carbonyl (C=O) groups excluding carboxylic acids is 6. The van der Waals surface area contributed by atoms with Crippen molar-refractivity contribution < 1.29 is 57.2 Å². The van der Waals surface area contributed by atoms with Gasteiger partial charge >= 0.3 is 0 Å². The zero-order chi connectivity index (χ0) is 76.1. The van der Waals surface area contributed by atoms with Crippen LogP contribution in [0.25, 0.3) is 36.5 Å². The Bertz CT molecular complexity index is 5540. The van der Waals surface area contributed by atoms with E-state index >= 15 is 0 Å². The number of benzene rings is 12. The molecule has 0 N–H and O–H groups in total. The minimum atomic E-state index is -0.0498. The molecule has 6 aliphatic rings. The first-order chi connectivity index (χ1) is 52.9. The summed E-state index contributed by atoms with van der Waals surface area (Å²) in [6, 6.07) is 89.8. The Morgan fingerprint density at radius 1 is 0.193 bits per heavy atom. The summed E-state index contributed by atoms with van der Waals surface area (Å²) in [5, 5.41) is 0. The summed E-state index contributed by atoms with van der Waals surface area (Å²) in [4.78, 5) is 72.8. The minimum absolute atomic E-state index is 0.0399. The topological polar surface area (TPSA) is 158 Å². The lowest BCUT2D eigenvalue weighted by atomic mass is 10.0. The molecule has 0 radical (unpaired) electrons. The highest BCUT2D eigenvalue weighted by atomic mass is 16.5. The van der Waals surface area contributed by atoms with Crippen molar-refractivity contribution >= 4 is 71.2 Å². The van der Waals surface area contributed by atoms with E-state index in [0.29, 0.717) is 102 Å². The number of ether oxygens (including phenoxy) is 6. The average molecular weight is 1430 g/mol. The summed E-state index contributed by atoms with van der Waals surface area (Å²) in [5.74, 6) is 5.92. The van der Waals surface area contributed by atoms with E-state index in [9.17, 15) is 28.8 Å². The van der Waals surface area contributed by atoms with Crippen LogP contribution in [0.2, 0.25) is 0 Å². The Morgan fingerprint density at radius 3 is 0.743 bits per heavy atom. The second kappa shape index (κ2) is 33.3. The Balaban J connectivity index is 0.000000115. The molecule has 0 fully saturated rings. The number of allylic oxidation sites excluding steroid dienone is 6. The molecular formula is C97H74O12. The van der Waals surface area contributed by atoms with Crippen molar-refractivity contribution in [3.05, 3.63) is 425 Å². The fourth-order valence-corrected chi connectivity index (χ4v) is 12.3. The van der Waals surface area contributed by atoms with Gasteiger partial charge in [-0.15, -0.1) is 0 Å². The smallest absolute Gasteiger partial charge is 0.231 e. The fraction of sp³-hybridized carbons (Fsp3) is 0.0722. The van der Waals surface area contributed by atoms with Crippen molar-refractivity contribution in [3.8, 4) is 34.5 Å². The SMILES string of the molecule is Cc1ccc(/C=C2\Oc3ccccc3C2=O)cc1.Cc1ccc2c(c1)C(=O)/C(=C/c1ccccc1C)O2.Cc1cccc(/C=C2\Oc3ccccc3C2=O)c1.Cc1cccc(/C=C2\Oc3ccccc3C2=O)c1.Cc1ccccc1/C=C1\Oc2ccccc2C1=O.Cc1ccccc1/C=C1\Oc2ccccc2C1=O. The van der Waals surface area contributed by atoms with Crippen LogP contribution < -0.4 is 28.4 Å². The minimum Gasteiger partial charge on any atom is -0.452 e. The molecule has 12 aromatic carbocycles. The number of fused-ring (bicyclic) bond motifs is 6. The second-order valence-corrected chi connectivity index (χ2v) is 26.4. The molecular weight excluding hydrogens is 1360 g/mol. The van der Waals surface area contributed by atoms with Crippen LogP contribution in [0.1, 0.15) is 134 Å². The molecule has 12 nitrogen and oxygen atoms in total. The summed E-state index contributed by atoms with van der Waals surface area (Å²) in [6.45, 7) is 14.1. The number of hydrogen-bond acceptors (Lipinski definition) is 12. The third kappa shape index (κ3) is 17.5. The van der Waals surface area contributed by atoms with Crippen LogP contribution in [0.4, 0.5) is 0 Å². The molecule has 0 spiro atoms. The predicted octanol–water partition coefficient (Wildman–Crippen LogP) is 22.0. The van der Waals surface area contributed by atoms with Gasteiger partial charge in [0.2, 0.25) is 34.7 Å². The van der Waals surface area contributed by atoms with Gasteiger partial charge in [0.25, 0.3) is 0 Å². The lowest BCUT2D eigenvalue weighted by molar-refractivity contribution is 0.101. The first-order valence-corrected chi connectivity index (χ1v) is 35.5. The number of ketones is 6. The van der Waals surface area contributed by atoms with Gasteiger partial charge < -0.3 is 28.4 Å². The highest BCUT2D eigenvalue weighted by Crippen LogP contribution is 2.38. The molecule has 12 heteroatoms. The maximum Gasteiger partial charge on any atom is 0.231 e. The number of Topliss-reactive ketones (excluding diaryl/α,β-unsaturated/α-hetero) is 6. The van der Waals surface area contributed by atoms with E-state index in [1.54, 1.807) is 60.7 Å². The number of carbonyl (C=O) groups is 6. The summed E-state index contributed by atoms with van der Waals surface area (Å²) < 4.78 is 33.5. The molecule has 0 aliphatic carbocycles. The van der Waals surface area contributed by atoms with Crippen molar-refractivity contribution in [2.75, 3.05) is 0 Å². The van der Waals surface area contributed by atoms with Crippen molar-refractivity contribution in [3.63, 3.8) is 0 Å². The van der Waals surface area contributed by atoms with Crippen LogP contribution in [-0.4, -0.2) is 34.7 Å². The summed E-state index contributed by atoms with van der Waals surface area (Å²) in [7, 11) is 0. The molecule has 0 bridgehead atoms. The molecule has 12 aromatic rings. The number of hydrogen-bond donors (Lipinski definition) is 0. The molecule has 18 rings (SSSR count). The van der Waals surface area contributed by atoms with E-state index in [0.717, 1.165) is 66.8 Å². The normalized spacial score (nSPS) is 15.6. The van der Waals surface area contributed by atoms with Gasteiger partial charge in [0.1, 0.15) is 34.5 Å². The van der Waals surface area contributed by atoms with Crippen LogP contribution in [0.15, 0.2) is 320 Å². The van der Waals surface area contributed by atoms with Crippen molar-refractivity contribution in [1.29, 1.82) is 0 Å². The molecule has 534 valence electrons. The molecule has 0 unspecified atom stereocenters. The van der Waals surface area contributed by atoms with E-state index in [4.69, 9.17) is 28.4 Å². The lowest BCUT2D eigenvalue weighted by Crippen LogP contribution is -1.98. The Kier molecular flexibility index (Phi) is 22.4. The lowest BCUT2D eigenvalue weighted by Gasteiger charge is -2.01. The standard InChI is InChI=1S/C17H14O2.5C16H12O2/c1-11-7-8-15-14(9-11)17(18)16(19-15)10-13-6-4-3-5-12(13)2;2*1-11-5-4-6-12(9-11)10-15-16(17)13-7-2-3-8-14(13)18-15;2*1-11-6-2-3-7-12(11)10-15-16(17)13-8-4-5-9-14(13)18-15;1-11-6-8-12(9-7-11)10-15-16(17)13-4-2-3-5-14(13)18-15/h3-10H,1-2H3;5*2-10H,1H3/b16-10-;5*15-10-.